The molecule has 0 bridgehead atoms. The maximum atomic E-state index is 12.3. The summed E-state index contributed by atoms with van der Waals surface area (Å²) in [6, 6.07) is 0. The van der Waals surface area contributed by atoms with Gasteiger partial charge in [-0.15, -0.1) is 0 Å². The van der Waals surface area contributed by atoms with Gasteiger partial charge in [-0.05, 0) is 44.1 Å². The van der Waals surface area contributed by atoms with E-state index < -0.39 is 141 Å². The number of rotatable bonds is 23. The maximum absolute atomic E-state index is 12.3. The molecule has 0 radical (unpaired) electrons. The van der Waals surface area contributed by atoms with Crippen molar-refractivity contribution in [3.8, 4) is 0 Å². The van der Waals surface area contributed by atoms with E-state index in [0.717, 1.165) is 0 Å². The number of carbonyl (C=O) groups is 1. The molecule has 0 aliphatic carbocycles. The van der Waals surface area contributed by atoms with E-state index >= 15 is 0 Å². The summed E-state index contributed by atoms with van der Waals surface area (Å²) in [5.74, 6) is -2.97. The van der Waals surface area contributed by atoms with Gasteiger partial charge >= 0.3 is 5.97 Å². The fraction of sp³-hybridized carbons (Fsp3) is 0.875. The minimum Gasteiger partial charge on any atom is -0.492 e. The second-order valence-corrected chi connectivity index (χ2v) is 17.6. The summed E-state index contributed by atoms with van der Waals surface area (Å²) in [6.07, 6.45) is -15.8. The Balaban J connectivity index is 2.29. The van der Waals surface area contributed by atoms with Crippen LogP contribution >= 0.6 is 0 Å². The van der Waals surface area contributed by atoms with Crippen molar-refractivity contribution < 1.29 is 89.0 Å². The van der Waals surface area contributed by atoms with E-state index in [1.807, 2.05) is 20.8 Å². The van der Waals surface area contributed by atoms with Crippen LogP contribution in [0.15, 0.2) is 22.7 Å². The van der Waals surface area contributed by atoms with Gasteiger partial charge in [0.05, 0.1) is 63.6 Å². The Kier molecular flexibility index (Phi) is 20.4. The predicted octanol–water partition coefficient (Wildman–Crippen LogP) is -0.521. The number of aliphatic carboxylic acids is 1. The number of aliphatic hydroxyl groups excluding tert-OH is 9. The van der Waals surface area contributed by atoms with Gasteiger partial charge in [-0.25, -0.2) is 4.79 Å². The largest absolute Gasteiger partial charge is 0.492 e. The van der Waals surface area contributed by atoms with Crippen molar-refractivity contribution in [3.63, 3.8) is 0 Å². The Bertz CT molecular complexity index is 1320. The number of aliphatic hydroxyl groups is 9. The molecule has 0 spiro atoms. The average molecular weight is 841 g/mol. The highest BCUT2D eigenvalue weighted by atomic mass is 16.6. The van der Waals surface area contributed by atoms with E-state index in [9.17, 15) is 55.9 Å². The van der Waals surface area contributed by atoms with Gasteiger partial charge in [0, 0.05) is 24.5 Å². The van der Waals surface area contributed by atoms with E-state index in [2.05, 4.69) is 0 Å². The molecule has 2 heterocycles. The van der Waals surface area contributed by atoms with Crippen LogP contribution in [-0.4, -0.2) is 190 Å². The molecular formula is C40H72O18. The van der Waals surface area contributed by atoms with Crippen molar-refractivity contribution in [2.24, 2.45) is 22.7 Å². The van der Waals surface area contributed by atoms with Gasteiger partial charge in [0.25, 0.3) is 0 Å². The van der Waals surface area contributed by atoms with E-state index in [1.165, 1.54) is 14.0 Å². The first kappa shape index (κ1) is 52.1. The van der Waals surface area contributed by atoms with Crippen molar-refractivity contribution >= 4 is 5.97 Å². The zero-order chi connectivity index (χ0) is 44.4. The second-order valence-electron chi connectivity index (χ2n) is 17.6. The first-order chi connectivity index (χ1) is 26.9. The minimum absolute atomic E-state index is 0.0102. The lowest BCUT2D eigenvalue weighted by atomic mass is 9.74. The van der Waals surface area contributed by atoms with E-state index in [4.69, 9.17) is 33.2 Å². The molecular weight excluding hydrogens is 768 g/mol. The van der Waals surface area contributed by atoms with Gasteiger partial charge in [0.2, 0.25) is 0 Å². The quantitative estimate of drug-likeness (QED) is 0.0620. The molecule has 18 heteroatoms. The second kappa shape index (κ2) is 22.7. The minimum atomic E-state index is -1.64. The predicted molar refractivity (Wildman–Crippen MR) is 207 cm³/mol. The summed E-state index contributed by atoms with van der Waals surface area (Å²) in [7, 11) is 1.46. The third-order valence-corrected chi connectivity index (χ3v) is 11.0. The average Bonchev–Trinajstić information content (AvgIpc) is 3.14. The fourth-order valence-corrected chi connectivity index (χ4v) is 7.43. The van der Waals surface area contributed by atoms with Gasteiger partial charge in [0.15, 0.2) is 6.10 Å². The number of hydrogen-bond acceptors (Lipinski definition) is 17. The molecule has 0 amide bonds. The number of carboxylic acid groups (broad SMARTS) is 1. The number of ether oxygens (including phenoxy) is 7. The smallest absolute Gasteiger partial charge is 0.337 e. The monoisotopic (exact) mass is 840 g/mol. The summed E-state index contributed by atoms with van der Waals surface area (Å²) in [6.45, 7) is 13.9. The molecule has 0 aromatic carbocycles. The Morgan fingerprint density at radius 2 is 1.34 bits per heavy atom. The first-order valence-corrected chi connectivity index (χ1v) is 19.7. The lowest BCUT2D eigenvalue weighted by molar-refractivity contribution is -0.177. The van der Waals surface area contributed by atoms with Crippen molar-refractivity contribution in [2.45, 2.75) is 149 Å². The van der Waals surface area contributed by atoms with Crippen LogP contribution in [-0.2, 0) is 38.0 Å². The third kappa shape index (κ3) is 13.5. The molecule has 2 aliphatic heterocycles. The highest BCUT2D eigenvalue weighted by Gasteiger charge is 2.44. The number of carboxylic acids is 1. The van der Waals surface area contributed by atoms with Gasteiger partial charge in [0.1, 0.15) is 67.5 Å². The van der Waals surface area contributed by atoms with E-state index in [0.29, 0.717) is 5.57 Å². The first-order valence-electron chi connectivity index (χ1n) is 19.7. The summed E-state index contributed by atoms with van der Waals surface area (Å²) >= 11 is 0. The van der Waals surface area contributed by atoms with Crippen LogP contribution in [0.5, 0.6) is 0 Å². The topological polar surface area (TPSA) is 284 Å². The zero-order valence-corrected chi connectivity index (χ0v) is 35.8. The molecule has 58 heavy (non-hydrogen) atoms. The zero-order valence-electron chi connectivity index (χ0n) is 35.8. The van der Waals surface area contributed by atoms with Gasteiger partial charge < -0.3 is 84.2 Å². The summed E-state index contributed by atoms with van der Waals surface area (Å²) in [5.41, 5.74) is -0.899. The standard InChI is InChI=1S/C40H72O18/c1-19-25(13-42)56-28(16-53-15-23(22(4)52-11)31(46)37(49)40(8,9)10)32(47)34(19)55-18-29-33(48)35(20(2)36(58-29)38(50)51)54-17-27(24(45)12-41)57-26(14-43)30(21(3)44)39(5,6)7/h21-33,36-37,41-49H,12-18H2,1-11H3,(H,50,51)/t21-,22?,23?,24-,25?,26?,27?,28?,29?,30?,31?,32+,33+,36?,37?/m0/s1. The molecule has 2 rings (SSSR count). The van der Waals surface area contributed by atoms with Gasteiger partial charge in [-0.2, -0.15) is 0 Å². The Morgan fingerprint density at radius 1 is 0.776 bits per heavy atom. The van der Waals surface area contributed by atoms with Crippen LogP contribution in [0.25, 0.3) is 0 Å². The van der Waals surface area contributed by atoms with Crippen molar-refractivity contribution in [3.05, 3.63) is 22.7 Å². The van der Waals surface area contributed by atoms with Crippen LogP contribution in [0, 0.1) is 22.7 Å². The lowest BCUT2D eigenvalue weighted by Crippen LogP contribution is -2.50. The van der Waals surface area contributed by atoms with Crippen molar-refractivity contribution in [1.29, 1.82) is 0 Å². The summed E-state index contributed by atoms with van der Waals surface area (Å²) in [4.78, 5) is 12.3. The Hall–Kier alpha value is -2.01. The molecule has 18 nitrogen and oxygen atoms in total. The Morgan fingerprint density at radius 3 is 1.81 bits per heavy atom. The molecule has 0 saturated carbocycles. The number of methoxy groups -OCH3 is 1. The molecule has 0 aromatic heterocycles. The van der Waals surface area contributed by atoms with Crippen LogP contribution in [0.1, 0.15) is 69.2 Å². The number of hydrogen-bond donors (Lipinski definition) is 10. The molecule has 0 fully saturated rings. The molecule has 0 saturated heterocycles. The molecule has 2 aliphatic rings. The SMILES string of the molecule is COC(C)C(COCC1OC(CO)C(C)=C(OCC2OC(C(=O)O)C(C)=C(OCC(OC(CO)C([C@H](C)O)C(C)(C)C)[C@@H](O)CO)[C@@H]2O)[C@@H]1O)C(O)C(O)C(C)(C)C. The fourth-order valence-electron chi connectivity index (χ4n) is 7.43. The van der Waals surface area contributed by atoms with Crippen LogP contribution in [0.4, 0.5) is 0 Å². The van der Waals surface area contributed by atoms with E-state index in [-0.39, 0.29) is 30.3 Å². The normalized spacial score (nSPS) is 28.3. The summed E-state index contributed by atoms with van der Waals surface area (Å²) in [5, 5.41) is 106. The highest BCUT2D eigenvalue weighted by Crippen LogP contribution is 2.35. The maximum Gasteiger partial charge on any atom is 0.337 e. The molecule has 11 unspecified atom stereocenters. The van der Waals surface area contributed by atoms with E-state index in [1.54, 1.807) is 41.5 Å². The van der Waals surface area contributed by atoms with Crippen LogP contribution in [0.2, 0.25) is 0 Å². The summed E-state index contributed by atoms with van der Waals surface area (Å²) < 4.78 is 40.9. The van der Waals surface area contributed by atoms with Crippen molar-refractivity contribution in [2.75, 3.05) is 53.4 Å². The molecule has 10 N–H and O–H groups in total. The third-order valence-electron chi connectivity index (χ3n) is 11.0. The Labute approximate surface area is 341 Å². The molecule has 340 valence electrons. The van der Waals surface area contributed by atoms with Gasteiger partial charge in [-0.3, -0.25) is 0 Å². The lowest BCUT2D eigenvalue weighted by Gasteiger charge is -2.40. The molecule has 15 atom stereocenters. The van der Waals surface area contributed by atoms with Crippen LogP contribution in [0.3, 0.4) is 0 Å². The van der Waals surface area contributed by atoms with Gasteiger partial charge in [-0.1, -0.05) is 41.5 Å². The highest BCUT2D eigenvalue weighted by molar-refractivity contribution is 5.76. The van der Waals surface area contributed by atoms with Crippen LogP contribution < -0.4 is 0 Å². The van der Waals surface area contributed by atoms with Crippen molar-refractivity contribution in [1.82, 2.24) is 0 Å². The molecule has 0 aromatic rings.